The topological polar surface area (TPSA) is 63.3 Å². The molecule has 0 bridgehead atoms. The lowest BCUT2D eigenvalue weighted by atomic mass is 10.3. The number of unbranched alkanes of at least 4 members (excludes halogenated alkanes) is 1. The molecule has 0 spiro atoms. The highest BCUT2D eigenvalue weighted by Crippen LogP contribution is 2.29. The zero-order valence-electron chi connectivity index (χ0n) is 10.6. The molecule has 108 valence electrons. The van der Waals surface area contributed by atoms with Crippen molar-refractivity contribution in [3.63, 3.8) is 0 Å². The standard InChI is InChI=1S/C11H17F3N4S/c1-2-3-5-16-10(15)17-6-4-9-18-8(7-19-9)11(12,13)14/h7H,2-6H2,1H3,(H3,15,16,17). The second-order valence-corrected chi connectivity index (χ2v) is 4.86. The highest BCUT2D eigenvalue weighted by molar-refractivity contribution is 7.09. The number of nitrogens with zero attached hydrogens (tertiary/aromatic N) is 2. The summed E-state index contributed by atoms with van der Waals surface area (Å²) < 4.78 is 36.9. The Balaban J connectivity index is 2.33. The smallest absolute Gasteiger partial charge is 0.370 e. The van der Waals surface area contributed by atoms with Crippen molar-refractivity contribution < 1.29 is 13.2 Å². The van der Waals surface area contributed by atoms with Gasteiger partial charge >= 0.3 is 6.18 Å². The van der Waals surface area contributed by atoms with E-state index in [0.29, 0.717) is 30.5 Å². The predicted molar refractivity (Wildman–Crippen MR) is 70.2 cm³/mol. The average Bonchev–Trinajstić information content (AvgIpc) is 2.78. The molecule has 0 unspecified atom stereocenters. The molecule has 1 rings (SSSR count). The molecule has 0 aliphatic heterocycles. The van der Waals surface area contributed by atoms with Crippen LogP contribution in [-0.2, 0) is 12.6 Å². The molecule has 0 fully saturated rings. The summed E-state index contributed by atoms with van der Waals surface area (Å²) in [6, 6.07) is 0. The highest BCUT2D eigenvalue weighted by atomic mass is 32.1. The van der Waals surface area contributed by atoms with Gasteiger partial charge in [0.2, 0.25) is 0 Å². The summed E-state index contributed by atoms with van der Waals surface area (Å²) in [5.74, 6) is 0.320. The van der Waals surface area contributed by atoms with E-state index in [9.17, 15) is 13.2 Å². The molecule has 0 aliphatic rings. The fourth-order valence-corrected chi connectivity index (χ4v) is 2.07. The van der Waals surface area contributed by atoms with Gasteiger partial charge in [-0.15, -0.1) is 11.3 Å². The number of aromatic nitrogens is 1. The van der Waals surface area contributed by atoms with Gasteiger partial charge in [0.15, 0.2) is 11.7 Å². The summed E-state index contributed by atoms with van der Waals surface area (Å²) in [5, 5.41) is 4.30. The van der Waals surface area contributed by atoms with E-state index in [2.05, 4.69) is 22.2 Å². The minimum atomic E-state index is -4.37. The van der Waals surface area contributed by atoms with Crippen molar-refractivity contribution in [3.8, 4) is 0 Å². The Morgan fingerprint density at radius 3 is 2.84 bits per heavy atom. The second-order valence-electron chi connectivity index (χ2n) is 3.92. The van der Waals surface area contributed by atoms with Gasteiger partial charge in [0.05, 0.1) is 5.01 Å². The Morgan fingerprint density at radius 1 is 1.53 bits per heavy atom. The summed E-state index contributed by atoms with van der Waals surface area (Å²) in [5.41, 5.74) is 4.76. The normalized spacial score (nSPS) is 12.7. The van der Waals surface area contributed by atoms with E-state index in [1.807, 2.05) is 0 Å². The van der Waals surface area contributed by atoms with Crippen molar-refractivity contribution in [1.29, 1.82) is 0 Å². The van der Waals surface area contributed by atoms with E-state index < -0.39 is 11.9 Å². The average molecular weight is 294 g/mol. The Bertz CT molecular complexity index is 414. The van der Waals surface area contributed by atoms with Crippen LogP contribution in [0.5, 0.6) is 0 Å². The molecule has 0 amide bonds. The molecule has 0 aromatic carbocycles. The number of nitrogens with two attached hydrogens (primary N) is 1. The Labute approximate surface area is 113 Å². The summed E-state index contributed by atoms with van der Waals surface area (Å²) in [4.78, 5) is 7.60. The van der Waals surface area contributed by atoms with Crippen LogP contribution in [0.15, 0.2) is 10.4 Å². The zero-order chi connectivity index (χ0) is 14.3. The first kappa shape index (κ1) is 15.7. The fourth-order valence-electron chi connectivity index (χ4n) is 1.27. The maximum Gasteiger partial charge on any atom is 0.434 e. The summed E-state index contributed by atoms with van der Waals surface area (Å²) in [7, 11) is 0. The van der Waals surface area contributed by atoms with Crippen LogP contribution in [0.25, 0.3) is 0 Å². The number of hydrogen-bond donors (Lipinski definition) is 2. The molecule has 19 heavy (non-hydrogen) atoms. The van der Waals surface area contributed by atoms with Crippen molar-refractivity contribution in [2.45, 2.75) is 32.4 Å². The molecule has 0 saturated carbocycles. The van der Waals surface area contributed by atoms with Gasteiger partial charge in [0.1, 0.15) is 0 Å². The number of aliphatic imine (C=N–C) groups is 1. The molecule has 0 radical (unpaired) electrons. The van der Waals surface area contributed by atoms with Crippen molar-refractivity contribution in [2.24, 2.45) is 10.7 Å². The third-order valence-corrected chi connectivity index (χ3v) is 3.19. The lowest BCUT2D eigenvalue weighted by Crippen LogP contribution is -2.33. The second kappa shape index (κ2) is 7.32. The molecule has 1 aromatic heterocycles. The first-order valence-corrected chi connectivity index (χ1v) is 6.87. The van der Waals surface area contributed by atoms with E-state index in [-0.39, 0.29) is 0 Å². The van der Waals surface area contributed by atoms with Crippen molar-refractivity contribution >= 4 is 17.3 Å². The van der Waals surface area contributed by atoms with Gasteiger partial charge in [-0.25, -0.2) is 4.98 Å². The largest absolute Gasteiger partial charge is 0.434 e. The van der Waals surface area contributed by atoms with Crippen LogP contribution in [0.3, 0.4) is 0 Å². The quantitative estimate of drug-likeness (QED) is 0.481. The number of alkyl halides is 3. The molecule has 8 heteroatoms. The monoisotopic (exact) mass is 294 g/mol. The number of hydrogen-bond acceptors (Lipinski definition) is 3. The van der Waals surface area contributed by atoms with E-state index in [1.165, 1.54) is 0 Å². The zero-order valence-corrected chi connectivity index (χ0v) is 11.4. The SMILES string of the molecule is CCCCN=C(N)NCCc1nc(C(F)(F)F)cs1. The van der Waals surface area contributed by atoms with E-state index in [4.69, 9.17) is 5.73 Å². The number of thiazole rings is 1. The summed E-state index contributed by atoms with van der Waals surface area (Å²) in [6.45, 7) is 3.14. The lowest BCUT2D eigenvalue weighted by Gasteiger charge is -2.04. The van der Waals surface area contributed by atoms with Crippen LogP contribution in [0.2, 0.25) is 0 Å². The Kier molecular flexibility index (Phi) is 6.07. The van der Waals surface area contributed by atoms with E-state index >= 15 is 0 Å². The molecule has 4 nitrogen and oxygen atoms in total. The van der Waals surface area contributed by atoms with Crippen LogP contribution in [0.1, 0.15) is 30.5 Å². The third-order valence-electron chi connectivity index (χ3n) is 2.28. The summed E-state index contributed by atoms with van der Waals surface area (Å²) >= 11 is 0.998. The lowest BCUT2D eigenvalue weighted by molar-refractivity contribution is -0.140. The van der Waals surface area contributed by atoms with Gasteiger partial charge in [0.25, 0.3) is 0 Å². The minimum absolute atomic E-state index is 0.320. The van der Waals surface area contributed by atoms with Gasteiger partial charge in [-0.1, -0.05) is 13.3 Å². The first-order chi connectivity index (χ1) is 8.93. The van der Waals surface area contributed by atoms with Gasteiger partial charge in [-0.2, -0.15) is 13.2 Å². The highest BCUT2D eigenvalue weighted by Gasteiger charge is 2.33. The van der Waals surface area contributed by atoms with Gasteiger partial charge in [-0.05, 0) is 6.42 Å². The van der Waals surface area contributed by atoms with Gasteiger partial charge in [0, 0.05) is 24.9 Å². The van der Waals surface area contributed by atoms with Crippen LogP contribution < -0.4 is 11.1 Å². The Morgan fingerprint density at radius 2 is 2.26 bits per heavy atom. The summed E-state index contributed by atoms with van der Waals surface area (Å²) in [6.07, 6.45) is -1.98. The Hall–Kier alpha value is -1.31. The van der Waals surface area contributed by atoms with Crippen LogP contribution in [-0.4, -0.2) is 24.0 Å². The third kappa shape index (κ3) is 5.91. The van der Waals surface area contributed by atoms with Crippen LogP contribution >= 0.6 is 11.3 Å². The number of halogens is 3. The maximum atomic E-state index is 12.3. The molecule has 1 heterocycles. The predicted octanol–water partition coefficient (Wildman–Crippen LogP) is 2.41. The van der Waals surface area contributed by atoms with E-state index in [1.54, 1.807) is 0 Å². The number of nitrogens with one attached hydrogen (secondary N) is 1. The molecule has 0 saturated heterocycles. The van der Waals surface area contributed by atoms with Crippen LogP contribution in [0, 0.1) is 0 Å². The maximum absolute atomic E-state index is 12.3. The fraction of sp³-hybridized carbons (Fsp3) is 0.636. The van der Waals surface area contributed by atoms with Crippen molar-refractivity contribution in [1.82, 2.24) is 10.3 Å². The molecular weight excluding hydrogens is 277 g/mol. The minimum Gasteiger partial charge on any atom is -0.370 e. The van der Waals surface area contributed by atoms with Crippen LogP contribution in [0.4, 0.5) is 13.2 Å². The van der Waals surface area contributed by atoms with Gasteiger partial charge < -0.3 is 11.1 Å². The molecular formula is C11H17F3N4S. The molecule has 0 atom stereocenters. The van der Waals surface area contributed by atoms with Crippen molar-refractivity contribution in [2.75, 3.05) is 13.1 Å². The molecule has 3 N–H and O–H groups in total. The first-order valence-electron chi connectivity index (χ1n) is 5.99. The number of rotatable bonds is 6. The van der Waals surface area contributed by atoms with Crippen molar-refractivity contribution in [3.05, 3.63) is 16.1 Å². The van der Waals surface area contributed by atoms with Gasteiger partial charge in [-0.3, -0.25) is 4.99 Å². The number of guanidine groups is 1. The van der Waals surface area contributed by atoms with E-state index in [0.717, 1.165) is 29.6 Å². The molecule has 1 aromatic rings. The molecule has 0 aliphatic carbocycles.